The molecular weight excluding hydrogens is 355 g/mol. The third-order valence-corrected chi connectivity index (χ3v) is 3.83. The molecule has 1 atom stereocenters. The van der Waals surface area contributed by atoms with E-state index in [2.05, 4.69) is 68.2 Å². The van der Waals surface area contributed by atoms with Crippen LogP contribution in [-0.2, 0) is 26.1 Å². The summed E-state index contributed by atoms with van der Waals surface area (Å²) in [5.74, 6) is 0. The van der Waals surface area contributed by atoms with Gasteiger partial charge in [0.2, 0.25) is 0 Å². The van der Waals surface area contributed by atoms with Crippen LogP contribution in [-0.4, -0.2) is 8.32 Å². The third-order valence-electron chi connectivity index (χ3n) is 2.84. The van der Waals surface area contributed by atoms with Crippen LogP contribution in [0.2, 0.25) is 19.6 Å². The molecule has 0 heterocycles. The van der Waals surface area contributed by atoms with E-state index < -0.39 is 8.32 Å². The molecule has 0 amide bonds. The Kier molecular flexibility index (Phi) is 12.1. The summed E-state index contributed by atoms with van der Waals surface area (Å²) in [6.07, 6.45) is 9.77. The molecule has 0 aliphatic heterocycles. The van der Waals surface area contributed by atoms with E-state index in [0.29, 0.717) is 0 Å². The first kappa shape index (κ1) is 23.4. The second kappa shape index (κ2) is 10.8. The number of rotatable bonds is 5. The summed E-state index contributed by atoms with van der Waals surface area (Å²) in [5, 5.41) is 0. The van der Waals surface area contributed by atoms with Gasteiger partial charge in [0, 0.05) is 0 Å². The number of halogens is 2. The predicted octanol–water partition coefficient (Wildman–Crippen LogP) is -1.34. The van der Waals surface area contributed by atoms with Crippen LogP contribution in [0.5, 0.6) is 0 Å². The van der Waals surface area contributed by atoms with E-state index in [0.717, 1.165) is 12.8 Å². The topological polar surface area (TPSA) is 9.23 Å². The van der Waals surface area contributed by atoms with E-state index in [1.807, 2.05) is 0 Å². The number of allylic oxidation sites excluding steroid dienone is 3. The Bertz CT molecular complexity index is 455. The van der Waals surface area contributed by atoms with Gasteiger partial charge in [-0.1, -0.05) is 30.3 Å². The van der Waals surface area contributed by atoms with Crippen LogP contribution in [0.15, 0.2) is 48.1 Å². The Balaban J connectivity index is 0. The van der Waals surface area contributed by atoms with Gasteiger partial charge in [-0.05, 0) is 31.6 Å². The monoisotopic (exact) mass is 375 g/mol. The molecule has 0 bridgehead atoms. The van der Waals surface area contributed by atoms with Gasteiger partial charge in [-0.15, -0.1) is 6.42 Å². The van der Waals surface area contributed by atoms with Crippen molar-refractivity contribution in [2.45, 2.75) is 38.6 Å². The van der Waals surface area contributed by atoms with Gasteiger partial charge in [-0.3, -0.25) is 6.08 Å². The molecule has 2 rings (SSSR count). The first-order chi connectivity index (χ1) is 8.54. The Labute approximate surface area is 157 Å². The first-order valence-electron chi connectivity index (χ1n) is 6.53. The Morgan fingerprint density at radius 2 is 1.76 bits per heavy atom. The largest absolute Gasteiger partial charge is 3.00 e. The molecule has 1 unspecified atom stereocenters. The van der Waals surface area contributed by atoms with Crippen molar-refractivity contribution in [1.29, 1.82) is 0 Å². The van der Waals surface area contributed by atoms with Crippen molar-refractivity contribution < 1.29 is 51.0 Å². The Morgan fingerprint density at radius 3 is 2.24 bits per heavy atom. The fourth-order valence-corrected chi connectivity index (χ4v) is 3.19. The Hall–Kier alpha value is 0.171. The van der Waals surface area contributed by atoms with Crippen LogP contribution >= 0.6 is 0 Å². The molecule has 0 saturated heterocycles. The molecule has 0 fully saturated rings. The quantitative estimate of drug-likeness (QED) is 0.457. The summed E-state index contributed by atoms with van der Waals surface area (Å²) in [7, 11) is -1.54. The van der Waals surface area contributed by atoms with Crippen LogP contribution in [0.3, 0.4) is 0 Å². The number of hydrogen-bond acceptors (Lipinski definition) is 1. The molecule has 21 heavy (non-hydrogen) atoms. The van der Waals surface area contributed by atoms with Crippen molar-refractivity contribution in [3.63, 3.8) is 0 Å². The Morgan fingerprint density at radius 1 is 1.14 bits per heavy atom. The van der Waals surface area contributed by atoms with Crippen molar-refractivity contribution in [1.82, 2.24) is 0 Å². The molecule has 0 N–H and O–H groups in total. The van der Waals surface area contributed by atoms with Gasteiger partial charge < -0.3 is 29.2 Å². The maximum absolute atomic E-state index is 6.33. The zero-order valence-electron chi connectivity index (χ0n) is 12.7. The van der Waals surface area contributed by atoms with E-state index in [9.17, 15) is 0 Å². The zero-order valence-corrected chi connectivity index (χ0v) is 16.8. The van der Waals surface area contributed by atoms with Gasteiger partial charge in [0.05, 0.1) is 6.10 Å². The molecule has 1 aromatic carbocycles. The van der Waals surface area contributed by atoms with Crippen molar-refractivity contribution in [3.8, 4) is 0 Å². The second-order valence-electron chi connectivity index (χ2n) is 5.64. The summed E-state index contributed by atoms with van der Waals surface area (Å²) in [4.78, 5) is 0. The molecular formula is C16H21Cl2OSiTi. The van der Waals surface area contributed by atoms with Crippen molar-refractivity contribution in [2.24, 2.45) is 0 Å². The van der Waals surface area contributed by atoms with E-state index in [1.54, 1.807) is 0 Å². The molecule has 1 radical (unpaired) electrons. The summed E-state index contributed by atoms with van der Waals surface area (Å²) < 4.78 is 6.33. The summed E-state index contributed by atoms with van der Waals surface area (Å²) in [5.41, 5.74) is 2.55. The molecule has 0 spiro atoms. The summed E-state index contributed by atoms with van der Waals surface area (Å²) in [6, 6.07) is 10.5. The summed E-state index contributed by atoms with van der Waals surface area (Å²) in [6.45, 7) is 6.72. The van der Waals surface area contributed by atoms with Crippen molar-refractivity contribution in [2.75, 3.05) is 0 Å². The van der Waals surface area contributed by atoms with Gasteiger partial charge in [0.15, 0.2) is 8.32 Å². The molecule has 1 nitrogen and oxygen atoms in total. The average molecular weight is 376 g/mol. The van der Waals surface area contributed by atoms with Crippen LogP contribution in [0.4, 0.5) is 0 Å². The van der Waals surface area contributed by atoms with Crippen LogP contribution in [0, 0.1) is 6.08 Å². The van der Waals surface area contributed by atoms with Gasteiger partial charge >= 0.3 is 21.7 Å². The number of benzene rings is 1. The maximum Gasteiger partial charge on any atom is 3.00 e. The summed E-state index contributed by atoms with van der Waals surface area (Å²) >= 11 is 0. The number of hydrogen-bond donors (Lipinski definition) is 0. The maximum atomic E-state index is 6.33. The SMILES string of the molecule is C[Si](C)(C)OC(CC1=[C-]CC=C1)c1ccccc1.[Cl-].[Cl-].[Ti+3]. The third kappa shape index (κ3) is 8.39. The van der Waals surface area contributed by atoms with E-state index >= 15 is 0 Å². The van der Waals surface area contributed by atoms with E-state index in [4.69, 9.17) is 4.43 Å². The molecule has 5 heteroatoms. The zero-order chi connectivity index (χ0) is 13.0. The molecule has 0 aromatic heterocycles. The van der Waals surface area contributed by atoms with Gasteiger partial charge in [-0.25, -0.2) is 11.6 Å². The average Bonchev–Trinajstić information content (AvgIpc) is 2.80. The van der Waals surface area contributed by atoms with Gasteiger partial charge in [0.25, 0.3) is 0 Å². The second-order valence-corrected chi connectivity index (χ2v) is 10.1. The molecule has 0 saturated carbocycles. The normalized spacial score (nSPS) is 14.3. The fourth-order valence-electron chi connectivity index (χ4n) is 2.11. The van der Waals surface area contributed by atoms with Crippen LogP contribution in [0.25, 0.3) is 0 Å². The van der Waals surface area contributed by atoms with Crippen LogP contribution in [0.1, 0.15) is 24.5 Å². The van der Waals surface area contributed by atoms with Gasteiger partial charge in [0.1, 0.15) is 0 Å². The minimum atomic E-state index is -1.54. The minimum absolute atomic E-state index is 0. The standard InChI is InChI=1S/C16H21OSi.2ClH.Ti/c1-18(2,3)17-16(13-14-9-7-8-10-14)15-11-5-4-6-12-15;;;/h4-7,9,11-12,16H,8,13H2,1-3H3;2*1H;/q-1;;;+3/p-2. The van der Waals surface area contributed by atoms with E-state index in [-0.39, 0.29) is 52.6 Å². The minimum Gasteiger partial charge on any atom is -1.00 e. The smallest absolute Gasteiger partial charge is 1.00 e. The predicted molar refractivity (Wildman–Crippen MR) is 78.7 cm³/mol. The van der Waals surface area contributed by atoms with Crippen molar-refractivity contribution in [3.05, 3.63) is 59.7 Å². The van der Waals surface area contributed by atoms with E-state index in [1.165, 1.54) is 11.1 Å². The van der Waals surface area contributed by atoms with Gasteiger partial charge in [-0.2, -0.15) is 6.08 Å². The molecule has 1 aliphatic carbocycles. The molecule has 1 aromatic rings. The molecule has 1 aliphatic rings. The molecule has 113 valence electrons. The fraction of sp³-hybridized carbons (Fsp3) is 0.375. The van der Waals surface area contributed by atoms with Crippen LogP contribution < -0.4 is 24.8 Å². The first-order valence-corrected chi connectivity index (χ1v) is 9.94. The van der Waals surface area contributed by atoms with Crippen molar-refractivity contribution >= 4 is 8.32 Å².